The molecule has 1 aliphatic rings. The van der Waals surface area contributed by atoms with E-state index in [0.717, 1.165) is 11.4 Å². The average Bonchev–Trinajstić information content (AvgIpc) is 2.90. The van der Waals surface area contributed by atoms with Crippen LogP contribution in [0.15, 0.2) is 12.3 Å². The number of hydrogen-bond donors (Lipinski definition) is 1. The molecule has 0 radical (unpaired) electrons. The topological polar surface area (TPSA) is 88.4 Å². The first-order chi connectivity index (χ1) is 13.5. The van der Waals surface area contributed by atoms with Gasteiger partial charge in [0.05, 0.1) is 11.9 Å². The van der Waals surface area contributed by atoms with E-state index in [2.05, 4.69) is 25.3 Å². The fourth-order valence-corrected chi connectivity index (χ4v) is 3.32. The first-order valence-corrected chi connectivity index (χ1v) is 9.96. The van der Waals surface area contributed by atoms with Crippen LogP contribution in [0.2, 0.25) is 5.28 Å². The first kappa shape index (κ1) is 21.2. The van der Waals surface area contributed by atoms with Crippen molar-refractivity contribution in [3.8, 4) is 0 Å². The smallest absolute Gasteiger partial charge is 0.410 e. The minimum atomic E-state index is -0.518. The molecule has 158 valence electrons. The Morgan fingerprint density at radius 1 is 1.34 bits per heavy atom. The summed E-state index contributed by atoms with van der Waals surface area (Å²) in [5.74, 6) is 1.27. The molecule has 0 aliphatic carbocycles. The van der Waals surface area contributed by atoms with E-state index in [4.69, 9.17) is 16.3 Å². The van der Waals surface area contributed by atoms with Crippen LogP contribution in [0, 0.1) is 6.92 Å². The Balaban J connectivity index is 1.77. The first-order valence-electron chi connectivity index (χ1n) is 9.58. The molecule has 10 heteroatoms. The van der Waals surface area contributed by atoms with Crippen LogP contribution >= 0.6 is 11.6 Å². The van der Waals surface area contributed by atoms with Crippen LogP contribution in [0.5, 0.6) is 0 Å². The van der Waals surface area contributed by atoms with Gasteiger partial charge in [-0.2, -0.15) is 10.1 Å². The number of anilines is 3. The molecule has 29 heavy (non-hydrogen) atoms. The lowest BCUT2D eigenvalue weighted by Crippen LogP contribution is -2.55. The van der Waals surface area contributed by atoms with Crippen molar-refractivity contribution in [2.45, 2.75) is 46.3 Å². The predicted molar refractivity (Wildman–Crippen MR) is 113 cm³/mol. The fourth-order valence-electron chi connectivity index (χ4n) is 3.19. The predicted octanol–water partition coefficient (Wildman–Crippen LogP) is 3.36. The molecule has 3 heterocycles. The molecular formula is C19H28ClN7O2. The van der Waals surface area contributed by atoms with Gasteiger partial charge in [0.1, 0.15) is 5.60 Å². The molecule has 2 aromatic rings. The zero-order valence-corrected chi connectivity index (χ0v) is 18.5. The third-order valence-electron chi connectivity index (χ3n) is 4.70. The number of halogens is 1. The second kappa shape index (κ2) is 8.06. The number of piperazine rings is 1. The largest absolute Gasteiger partial charge is 0.444 e. The van der Waals surface area contributed by atoms with Crippen LogP contribution < -0.4 is 10.2 Å². The molecule has 1 atom stereocenters. The maximum atomic E-state index is 12.5. The van der Waals surface area contributed by atoms with Crippen LogP contribution in [0.4, 0.5) is 22.1 Å². The number of carbonyl (C=O) groups excluding carboxylic acids is 1. The minimum Gasteiger partial charge on any atom is -0.444 e. The molecule has 1 aliphatic heterocycles. The lowest BCUT2D eigenvalue weighted by molar-refractivity contribution is 0.0159. The summed E-state index contributed by atoms with van der Waals surface area (Å²) in [4.78, 5) is 24.9. The van der Waals surface area contributed by atoms with Crippen LogP contribution in [0.1, 0.15) is 33.4 Å². The summed E-state index contributed by atoms with van der Waals surface area (Å²) in [6.07, 6.45) is 1.41. The highest BCUT2D eigenvalue weighted by atomic mass is 35.5. The molecular weight excluding hydrogens is 394 g/mol. The Morgan fingerprint density at radius 2 is 2.07 bits per heavy atom. The van der Waals surface area contributed by atoms with Gasteiger partial charge in [0.25, 0.3) is 0 Å². The van der Waals surface area contributed by atoms with E-state index in [0.29, 0.717) is 31.3 Å². The van der Waals surface area contributed by atoms with Gasteiger partial charge in [-0.15, -0.1) is 0 Å². The number of rotatable bonds is 3. The van der Waals surface area contributed by atoms with E-state index in [1.165, 1.54) is 0 Å². The summed E-state index contributed by atoms with van der Waals surface area (Å²) in [5.41, 5.74) is 1.32. The molecule has 1 fully saturated rings. The highest BCUT2D eigenvalue weighted by Crippen LogP contribution is 2.29. The Bertz CT molecular complexity index is 874. The Hall–Kier alpha value is -2.55. The van der Waals surface area contributed by atoms with Crippen molar-refractivity contribution in [2.75, 3.05) is 29.9 Å². The average molecular weight is 422 g/mol. The lowest BCUT2D eigenvalue weighted by Gasteiger charge is -2.41. The van der Waals surface area contributed by atoms with Gasteiger partial charge in [0.15, 0.2) is 11.6 Å². The van der Waals surface area contributed by atoms with Gasteiger partial charge < -0.3 is 19.9 Å². The van der Waals surface area contributed by atoms with Crippen molar-refractivity contribution in [3.63, 3.8) is 0 Å². The summed E-state index contributed by atoms with van der Waals surface area (Å²) in [6, 6.07) is 1.90. The number of nitrogens with one attached hydrogen (secondary N) is 1. The number of amides is 1. The molecule has 1 saturated heterocycles. The molecule has 0 unspecified atom stereocenters. The van der Waals surface area contributed by atoms with E-state index in [9.17, 15) is 4.79 Å². The lowest BCUT2D eigenvalue weighted by atomic mass is 10.2. The van der Waals surface area contributed by atoms with E-state index in [1.807, 2.05) is 47.7 Å². The molecule has 3 rings (SSSR count). The molecule has 0 spiro atoms. The van der Waals surface area contributed by atoms with Crippen LogP contribution in [-0.2, 0) is 11.8 Å². The van der Waals surface area contributed by atoms with Gasteiger partial charge in [0, 0.05) is 44.5 Å². The summed E-state index contributed by atoms with van der Waals surface area (Å²) >= 11 is 6.04. The SMILES string of the molecule is Cc1cc(Nc2nc(Cl)ncc2N2CCN(C(=O)OC(C)(C)C)[C@@H](C)C2)nn1C. The van der Waals surface area contributed by atoms with Crippen molar-refractivity contribution in [2.24, 2.45) is 7.05 Å². The summed E-state index contributed by atoms with van der Waals surface area (Å²) in [7, 11) is 1.88. The van der Waals surface area contributed by atoms with E-state index in [1.54, 1.807) is 15.8 Å². The Kier molecular flexibility index (Phi) is 5.88. The summed E-state index contributed by atoms with van der Waals surface area (Å²) < 4.78 is 7.31. The number of aromatic nitrogens is 4. The maximum absolute atomic E-state index is 12.5. The van der Waals surface area contributed by atoms with Gasteiger partial charge in [-0.3, -0.25) is 4.68 Å². The third kappa shape index (κ3) is 5.09. The number of ether oxygens (including phenoxy) is 1. The van der Waals surface area contributed by atoms with Crippen molar-refractivity contribution in [1.29, 1.82) is 0 Å². The fraction of sp³-hybridized carbons (Fsp3) is 0.579. The molecule has 1 N–H and O–H groups in total. The van der Waals surface area contributed by atoms with Crippen molar-refractivity contribution < 1.29 is 9.53 Å². The quantitative estimate of drug-likeness (QED) is 0.760. The third-order valence-corrected chi connectivity index (χ3v) is 4.88. The zero-order chi connectivity index (χ0) is 21.3. The van der Waals surface area contributed by atoms with Gasteiger partial charge in [0.2, 0.25) is 5.28 Å². The number of nitrogens with zero attached hydrogens (tertiary/aromatic N) is 6. The van der Waals surface area contributed by atoms with Crippen molar-refractivity contribution in [1.82, 2.24) is 24.6 Å². The maximum Gasteiger partial charge on any atom is 0.410 e. The minimum absolute atomic E-state index is 0.0285. The van der Waals surface area contributed by atoms with Crippen LogP contribution in [0.3, 0.4) is 0 Å². The van der Waals surface area contributed by atoms with Crippen LogP contribution in [-0.4, -0.2) is 62.0 Å². The van der Waals surface area contributed by atoms with E-state index >= 15 is 0 Å². The Morgan fingerprint density at radius 3 is 2.66 bits per heavy atom. The second-order valence-electron chi connectivity index (χ2n) is 8.26. The van der Waals surface area contributed by atoms with E-state index in [-0.39, 0.29) is 17.4 Å². The highest BCUT2D eigenvalue weighted by molar-refractivity contribution is 6.28. The van der Waals surface area contributed by atoms with Gasteiger partial charge in [-0.05, 0) is 46.2 Å². The monoisotopic (exact) mass is 421 g/mol. The molecule has 0 saturated carbocycles. The molecule has 0 bridgehead atoms. The van der Waals surface area contributed by atoms with Gasteiger partial charge in [-0.25, -0.2) is 9.78 Å². The van der Waals surface area contributed by atoms with Crippen molar-refractivity contribution in [3.05, 3.63) is 23.2 Å². The second-order valence-corrected chi connectivity index (χ2v) is 8.60. The Labute approximate surface area is 176 Å². The van der Waals surface area contributed by atoms with Crippen molar-refractivity contribution >= 4 is 35.0 Å². The number of carbonyl (C=O) groups is 1. The molecule has 9 nitrogen and oxygen atoms in total. The zero-order valence-electron chi connectivity index (χ0n) is 17.7. The summed E-state index contributed by atoms with van der Waals surface area (Å²) in [5, 5.41) is 7.81. The molecule has 0 aromatic carbocycles. The van der Waals surface area contributed by atoms with Crippen LogP contribution in [0.25, 0.3) is 0 Å². The highest BCUT2D eigenvalue weighted by Gasteiger charge is 2.32. The van der Waals surface area contributed by atoms with Gasteiger partial charge >= 0.3 is 6.09 Å². The van der Waals surface area contributed by atoms with E-state index < -0.39 is 5.60 Å². The standard InChI is InChI=1S/C19H28ClN7O2/c1-12-9-15(24-25(12)6)22-16-14(10-21-17(20)23-16)26-7-8-27(13(2)11-26)18(28)29-19(3,4)5/h9-10,13H,7-8,11H2,1-6H3,(H,21,22,23,24)/t13-/m0/s1. The molecule has 2 aromatic heterocycles. The van der Waals surface area contributed by atoms with Gasteiger partial charge in [-0.1, -0.05) is 0 Å². The molecule has 1 amide bonds. The normalized spacial score (nSPS) is 17.4. The number of aryl methyl sites for hydroxylation is 2. The number of hydrogen-bond acceptors (Lipinski definition) is 7. The summed E-state index contributed by atoms with van der Waals surface area (Å²) in [6.45, 7) is 11.4.